The van der Waals surface area contributed by atoms with Crippen LogP contribution in [0, 0.1) is 34.5 Å². The van der Waals surface area contributed by atoms with E-state index in [4.69, 9.17) is 23.7 Å². The largest absolute Gasteiger partial charge is 0.456 e. The lowest BCUT2D eigenvalue weighted by Gasteiger charge is -2.58. The fourth-order valence-corrected chi connectivity index (χ4v) is 10.8. The summed E-state index contributed by atoms with van der Waals surface area (Å²) < 4.78 is 65.5. The molecule has 0 spiro atoms. The molecule has 0 radical (unpaired) electrons. The van der Waals surface area contributed by atoms with Gasteiger partial charge in [-0.05, 0) is 107 Å². The zero-order valence-corrected chi connectivity index (χ0v) is 34.4. The molecular weight excluding hydrogens is 722 g/mol. The molecule has 0 aromatic heterocycles. The number of allylic oxidation sites excluding steroid dienone is 1. The van der Waals surface area contributed by atoms with E-state index in [9.17, 15) is 32.1 Å². The molecule has 0 aromatic rings. The molecule has 54 heavy (non-hydrogen) atoms. The highest BCUT2D eigenvalue weighted by atomic mass is 32.3. The van der Waals surface area contributed by atoms with Gasteiger partial charge in [0, 0.05) is 26.7 Å². The highest BCUT2D eigenvalue weighted by molar-refractivity contribution is 7.80. The standard InChI is InChI=1S/C33H48O13S.C6H15N/c1-17(34)24-9-10-25-23-8-7-21-15-22(11-13-32(21,5)26(23)12-14-33(24,25)6)45-31-30(44-20(4)37)29(43-19(3)36)28(42-18(2)35)27(46-31)16-41-47(38,39)40;1-4-7(5-2)6-3/h7,22-31H,8-16H2,1-6H3,(H,38,39,40);4-6H2,1-3H3/t22-,23-,24+,25?,26?,27?,28?,29?,30?,31?,32-,33+;/m0./s1. The normalized spacial score (nSPS) is 37.4. The number of nitrogens with zero attached hydrogens (tertiary/aromatic N) is 1. The fourth-order valence-electron chi connectivity index (χ4n) is 10.5. The molecular formula is C39H63NO13S. The van der Waals surface area contributed by atoms with Crippen molar-refractivity contribution < 1.29 is 60.0 Å². The molecule has 0 bridgehead atoms. The predicted molar refractivity (Wildman–Crippen MR) is 197 cm³/mol. The third kappa shape index (κ3) is 10.1. The summed E-state index contributed by atoms with van der Waals surface area (Å²) in [5.74, 6) is -0.349. The van der Waals surface area contributed by atoms with Gasteiger partial charge in [0.2, 0.25) is 0 Å². The van der Waals surface area contributed by atoms with Crippen LogP contribution < -0.4 is 0 Å². The van der Waals surface area contributed by atoms with Crippen molar-refractivity contribution in [2.24, 2.45) is 34.5 Å². The molecule has 1 aliphatic heterocycles. The highest BCUT2D eigenvalue weighted by Gasteiger charge is 2.60. The second-order valence-corrected chi connectivity index (χ2v) is 17.2. The summed E-state index contributed by atoms with van der Waals surface area (Å²) >= 11 is 0. The first-order chi connectivity index (χ1) is 25.3. The number of hydrogen-bond donors (Lipinski definition) is 1. The Balaban J connectivity index is 0.000000845. The quantitative estimate of drug-likeness (QED) is 0.118. The van der Waals surface area contributed by atoms with Crippen LogP contribution >= 0.6 is 0 Å². The minimum atomic E-state index is -4.92. The Labute approximate surface area is 321 Å². The van der Waals surface area contributed by atoms with Crippen LogP contribution in [0.2, 0.25) is 0 Å². The van der Waals surface area contributed by atoms with E-state index in [-0.39, 0.29) is 22.9 Å². The molecule has 12 atom stereocenters. The molecule has 1 heterocycles. The lowest BCUT2D eigenvalue weighted by Crippen LogP contribution is -2.63. The Hall–Kier alpha value is -2.43. The second kappa shape index (κ2) is 18.2. The van der Waals surface area contributed by atoms with E-state index in [1.165, 1.54) is 25.2 Å². The molecule has 308 valence electrons. The maximum absolute atomic E-state index is 12.5. The van der Waals surface area contributed by atoms with E-state index >= 15 is 0 Å². The van der Waals surface area contributed by atoms with Gasteiger partial charge in [0.1, 0.15) is 11.9 Å². The van der Waals surface area contributed by atoms with E-state index < -0.39 is 65.6 Å². The van der Waals surface area contributed by atoms with E-state index in [0.29, 0.717) is 36.4 Å². The van der Waals surface area contributed by atoms with Gasteiger partial charge in [-0.25, -0.2) is 4.18 Å². The van der Waals surface area contributed by atoms with Gasteiger partial charge in [-0.3, -0.25) is 23.7 Å². The molecule has 1 N–H and O–H groups in total. The smallest absolute Gasteiger partial charge is 0.397 e. The Morgan fingerprint density at radius 2 is 1.43 bits per heavy atom. The summed E-state index contributed by atoms with van der Waals surface area (Å²) in [6, 6.07) is 0. The first-order valence-electron chi connectivity index (χ1n) is 19.6. The Morgan fingerprint density at radius 1 is 0.833 bits per heavy atom. The zero-order chi connectivity index (χ0) is 40.2. The third-order valence-corrected chi connectivity index (χ3v) is 13.5. The van der Waals surface area contributed by atoms with E-state index in [2.05, 4.69) is 49.8 Å². The molecule has 1 saturated heterocycles. The SMILES string of the molecule is CC(=O)OC1C(COS(=O)(=O)O)OC(O[C@H]2CC[C@@]3(C)C(=CC[C@@H]4C3CC[C@@]3(C)C4CC[C@@H]3C(C)=O)C2)C(OC(C)=O)C1OC(C)=O.CCN(CC)CC. The fraction of sp³-hybridized carbons (Fsp3) is 0.846. The average Bonchev–Trinajstić information content (AvgIpc) is 3.44. The van der Waals surface area contributed by atoms with E-state index in [1.807, 2.05) is 0 Å². The monoisotopic (exact) mass is 785 g/mol. The van der Waals surface area contributed by atoms with Gasteiger partial charge in [0.15, 0.2) is 24.6 Å². The summed E-state index contributed by atoms with van der Waals surface area (Å²) in [5.41, 5.74) is 1.31. The van der Waals surface area contributed by atoms with Crippen molar-refractivity contribution in [1.82, 2.24) is 4.90 Å². The van der Waals surface area contributed by atoms with Crippen molar-refractivity contribution in [3.05, 3.63) is 11.6 Å². The number of Topliss-reactive ketones (excluding diaryl/α,β-unsaturated/α-hetero) is 1. The average molecular weight is 786 g/mol. The number of ether oxygens (including phenoxy) is 5. The summed E-state index contributed by atoms with van der Waals surface area (Å²) in [6.07, 6.45) is 2.16. The zero-order valence-electron chi connectivity index (χ0n) is 33.5. The Bertz CT molecular complexity index is 1490. The van der Waals surface area contributed by atoms with Gasteiger partial charge in [0.25, 0.3) is 0 Å². The van der Waals surface area contributed by atoms with Crippen LogP contribution in [-0.4, -0.2) is 105 Å². The molecule has 0 amide bonds. The Kier molecular flexibility index (Phi) is 14.9. The molecule has 5 rings (SSSR count). The van der Waals surface area contributed by atoms with Crippen molar-refractivity contribution >= 4 is 34.1 Å². The maximum Gasteiger partial charge on any atom is 0.397 e. The lowest BCUT2D eigenvalue weighted by molar-refractivity contribution is -0.317. The molecule has 15 heteroatoms. The molecule has 3 saturated carbocycles. The maximum atomic E-state index is 12.5. The number of carbonyl (C=O) groups excluding carboxylic acids is 4. The highest BCUT2D eigenvalue weighted by Crippen LogP contribution is 2.66. The van der Waals surface area contributed by atoms with E-state index in [0.717, 1.165) is 59.3 Å². The van der Waals surface area contributed by atoms with Crippen LogP contribution in [0.1, 0.15) is 114 Å². The molecule has 4 aliphatic carbocycles. The van der Waals surface area contributed by atoms with Gasteiger partial charge in [-0.15, -0.1) is 0 Å². The molecule has 0 aromatic carbocycles. The van der Waals surface area contributed by atoms with Crippen molar-refractivity contribution in [3.8, 4) is 0 Å². The summed E-state index contributed by atoms with van der Waals surface area (Å²) in [4.78, 5) is 51.3. The minimum Gasteiger partial charge on any atom is -0.456 e. The third-order valence-electron chi connectivity index (χ3n) is 13.1. The van der Waals surface area contributed by atoms with Gasteiger partial charge < -0.3 is 28.6 Å². The van der Waals surface area contributed by atoms with Crippen molar-refractivity contribution in [2.75, 3.05) is 26.2 Å². The molecule has 7 unspecified atom stereocenters. The summed E-state index contributed by atoms with van der Waals surface area (Å²) in [7, 11) is -4.92. The molecule has 4 fully saturated rings. The number of carbonyl (C=O) groups is 4. The minimum absolute atomic E-state index is 0.0340. The van der Waals surface area contributed by atoms with Gasteiger partial charge >= 0.3 is 28.3 Å². The van der Waals surface area contributed by atoms with Gasteiger partial charge in [-0.2, -0.15) is 8.42 Å². The predicted octanol–water partition coefficient (Wildman–Crippen LogP) is 5.23. The number of esters is 3. The molecule has 14 nitrogen and oxygen atoms in total. The van der Waals surface area contributed by atoms with Crippen molar-refractivity contribution in [2.45, 2.75) is 150 Å². The first-order valence-corrected chi connectivity index (χ1v) is 21.0. The lowest BCUT2D eigenvalue weighted by atomic mass is 9.47. The summed E-state index contributed by atoms with van der Waals surface area (Å²) in [6.45, 7) is 19.1. The Morgan fingerprint density at radius 3 is 1.96 bits per heavy atom. The van der Waals surface area contributed by atoms with Crippen LogP contribution in [0.15, 0.2) is 11.6 Å². The van der Waals surface area contributed by atoms with Crippen molar-refractivity contribution in [1.29, 1.82) is 0 Å². The van der Waals surface area contributed by atoms with Crippen LogP contribution in [0.4, 0.5) is 0 Å². The number of ketones is 1. The number of rotatable bonds is 12. The first kappa shape index (κ1) is 44.3. The van der Waals surface area contributed by atoms with Crippen LogP contribution in [-0.2, 0) is 57.4 Å². The van der Waals surface area contributed by atoms with Gasteiger partial charge in [-0.1, -0.05) is 46.3 Å². The number of hydrogen-bond acceptors (Lipinski definition) is 13. The van der Waals surface area contributed by atoms with E-state index in [1.54, 1.807) is 6.92 Å². The van der Waals surface area contributed by atoms with Gasteiger partial charge in [0.05, 0.1) is 12.7 Å². The van der Waals surface area contributed by atoms with Crippen LogP contribution in [0.25, 0.3) is 0 Å². The topological polar surface area (TPSA) is 181 Å². The number of fused-ring (bicyclic) bond motifs is 5. The van der Waals surface area contributed by atoms with Crippen LogP contribution in [0.3, 0.4) is 0 Å². The molecule has 5 aliphatic rings. The second-order valence-electron chi connectivity index (χ2n) is 16.1. The summed E-state index contributed by atoms with van der Waals surface area (Å²) in [5, 5.41) is 0. The van der Waals surface area contributed by atoms with Crippen molar-refractivity contribution in [3.63, 3.8) is 0 Å². The van der Waals surface area contributed by atoms with Crippen LogP contribution in [0.5, 0.6) is 0 Å².